The second kappa shape index (κ2) is 8.09. The average Bonchev–Trinajstić information content (AvgIpc) is 2.42. The molecule has 1 atom stereocenters. The highest BCUT2D eigenvalue weighted by atomic mass is 16.3. The molecule has 1 unspecified atom stereocenters. The molecule has 1 saturated heterocycles. The number of nitrogens with one attached hydrogen (secondary N) is 1. The van der Waals surface area contributed by atoms with Crippen molar-refractivity contribution in [1.29, 1.82) is 0 Å². The van der Waals surface area contributed by atoms with Gasteiger partial charge in [0.1, 0.15) is 6.04 Å². The van der Waals surface area contributed by atoms with Gasteiger partial charge in [0, 0.05) is 13.1 Å². The first-order valence-corrected chi connectivity index (χ1v) is 7.39. The van der Waals surface area contributed by atoms with Crippen LogP contribution in [0.1, 0.15) is 39.5 Å². The fourth-order valence-electron chi connectivity index (χ4n) is 2.59. The van der Waals surface area contributed by atoms with Crippen molar-refractivity contribution in [2.24, 2.45) is 17.6 Å². The molecule has 1 aliphatic heterocycles. The Balaban J connectivity index is 2.39. The Labute approximate surface area is 120 Å². The lowest BCUT2D eigenvalue weighted by molar-refractivity contribution is -0.135. The summed E-state index contributed by atoms with van der Waals surface area (Å²) in [6.07, 6.45) is 4.42. The first-order chi connectivity index (χ1) is 9.43. The van der Waals surface area contributed by atoms with Crippen molar-refractivity contribution in [3.05, 3.63) is 0 Å². The highest BCUT2D eigenvalue weighted by molar-refractivity contribution is 5.86. The summed E-state index contributed by atoms with van der Waals surface area (Å²) in [6.45, 7) is 5.41. The SMILES string of the molecule is CC(C)CCC1CCN(C(=O)C(CO)NC(N)=O)CC1. The summed E-state index contributed by atoms with van der Waals surface area (Å²) in [5, 5.41) is 11.4. The van der Waals surface area contributed by atoms with Crippen LogP contribution in [-0.4, -0.2) is 47.7 Å². The fraction of sp³-hybridized carbons (Fsp3) is 0.857. The number of piperidine rings is 1. The summed E-state index contributed by atoms with van der Waals surface area (Å²) in [5.74, 6) is 1.15. The van der Waals surface area contributed by atoms with Gasteiger partial charge in [0.2, 0.25) is 5.91 Å². The lowest BCUT2D eigenvalue weighted by atomic mass is 9.89. The molecule has 0 spiro atoms. The lowest BCUT2D eigenvalue weighted by Crippen LogP contribution is -2.53. The Kier molecular flexibility index (Phi) is 6.78. The molecular formula is C14H27N3O3. The molecule has 4 N–H and O–H groups in total. The Morgan fingerprint density at radius 1 is 1.35 bits per heavy atom. The van der Waals surface area contributed by atoms with Crippen molar-refractivity contribution < 1.29 is 14.7 Å². The second-order valence-corrected chi connectivity index (χ2v) is 5.98. The third kappa shape index (κ3) is 5.36. The van der Waals surface area contributed by atoms with Crippen LogP contribution in [0.5, 0.6) is 0 Å². The number of aliphatic hydroxyl groups is 1. The highest BCUT2D eigenvalue weighted by Crippen LogP contribution is 2.24. The van der Waals surface area contributed by atoms with Crippen LogP contribution >= 0.6 is 0 Å². The summed E-state index contributed by atoms with van der Waals surface area (Å²) < 4.78 is 0. The number of hydrogen-bond donors (Lipinski definition) is 3. The van der Waals surface area contributed by atoms with Crippen molar-refractivity contribution in [2.75, 3.05) is 19.7 Å². The minimum absolute atomic E-state index is 0.242. The van der Waals surface area contributed by atoms with Crippen molar-refractivity contribution in [3.63, 3.8) is 0 Å². The molecule has 0 aliphatic carbocycles. The van der Waals surface area contributed by atoms with E-state index in [9.17, 15) is 9.59 Å². The Morgan fingerprint density at radius 3 is 2.40 bits per heavy atom. The number of rotatable bonds is 6. The number of nitrogens with zero attached hydrogens (tertiary/aromatic N) is 1. The monoisotopic (exact) mass is 285 g/mol. The van der Waals surface area contributed by atoms with Crippen LogP contribution in [0.15, 0.2) is 0 Å². The van der Waals surface area contributed by atoms with Gasteiger partial charge in [0.25, 0.3) is 0 Å². The molecule has 0 aromatic carbocycles. The zero-order chi connectivity index (χ0) is 15.1. The molecule has 1 fully saturated rings. The van der Waals surface area contributed by atoms with E-state index in [1.807, 2.05) is 0 Å². The van der Waals surface area contributed by atoms with Gasteiger partial charge in [-0.15, -0.1) is 0 Å². The number of urea groups is 1. The molecule has 0 radical (unpaired) electrons. The predicted octanol–water partition coefficient (Wildman–Crippen LogP) is 0.690. The van der Waals surface area contributed by atoms with Gasteiger partial charge in [-0.1, -0.05) is 26.7 Å². The summed E-state index contributed by atoms with van der Waals surface area (Å²) in [4.78, 5) is 24.6. The van der Waals surface area contributed by atoms with Crippen molar-refractivity contribution in [3.8, 4) is 0 Å². The fourth-order valence-corrected chi connectivity index (χ4v) is 2.59. The minimum atomic E-state index is -0.917. The van der Waals surface area contributed by atoms with Crippen LogP contribution in [0, 0.1) is 11.8 Å². The van der Waals surface area contributed by atoms with Crippen LogP contribution in [-0.2, 0) is 4.79 Å². The van der Waals surface area contributed by atoms with Crippen LogP contribution in [0.4, 0.5) is 4.79 Å². The van der Waals surface area contributed by atoms with Crippen molar-refractivity contribution in [2.45, 2.75) is 45.6 Å². The lowest BCUT2D eigenvalue weighted by Gasteiger charge is -2.34. The Bertz CT molecular complexity index is 326. The largest absolute Gasteiger partial charge is 0.394 e. The number of hydrogen-bond acceptors (Lipinski definition) is 3. The van der Waals surface area contributed by atoms with E-state index in [2.05, 4.69) is 19.2 Å². The second-order valence-electron chi connectivity index (χ2n) is 5.98. The zero-order valence-electron chi connectivity index (χ0n) is 12.5. The molecule has 3 amide bonds. The number of likely N-dealkylation sites (tertiary alicyclic amines) is 1. The van der Waals surface area contributed by atoms with E-state index in [0.717, 1.165) is 12.8 Å². The Morgan fingerprint density at radius 2 is 1.95 bits per heavy atom. The first kappa shape index (κ1) is 16.8. The van der Waals surface area contributed by atoms with Gasteiger partial charge in [-0.2, -0.15) is 0 Å². The molecule has 1 aliphatic rings. The molecule has 1 heterocycles. The first-order valence-electron chi connectivity index (χ1n) is 7.39. The van der Waals surface area contributed by atoms with Gasteiger partial charge in [0.15, 0.2) is 0 Å². The third-order valence-corrected chi connectivity index (χ3v) is 3.88. The molecule has 6 nitrogen and oxygen atoms in total. The van der Waals surface area contributed by atoms with Gasteiger partial charge in [-0.25, -0.2) is 4.79 Å². The van der Waals surface area contributed by atoms with Crippen LogP contribution in [0.25, 0.3) is 0 Å². The molecule has 1 rings (SSSR count). The molecule has 0 bridgehead atoms. The van der Waals surface area contributed by atoms with E-state index in [0.29, 0.717) is 24.9 Å². The quantitative estimate of drug-likeness (QED) is 0.670. The standard InChI is InChI=1S/C14H27N3O3/c1-10(2)3-4-11-5-7-17(8-6-11)13(19)12(9-18)16-14(15)20/h10-12,18H,3-9H2,1-2H3,(H3,15,16,20). The normalized spacial score (nSPS) is 18.1. The minimum Gasteiger partial charge on any atom is -0.394 e. The number of aliphatic hydroxyl groups excluding tert-OH is 1. The predicted molar refractivity (Wildman–Crippen MR) is 77.0 cm³/mol. The maximum absolute atomic E-state index is 12.1. The van der Waals surface area contributed by atoms with Gasteiger partial charge < -0.3 is 21.1 Å². The van der Waals surface area contributed by atoms with E-state index in [-0.39, 0.29) is 5.91 Å². The molecule has 6 heteroatoms. The highest BCUT2D eigenvalue weighted by Gasteiger charge is 2.28. The topological polar surface area (TPSA) is 95.7 Å². The number of amides is 3. The van der Waals surface area contributed by atoms with Crippen LogP contribution in [0.2, 0.25) is 0 Å². The molecule has 0 aromatic rings. The summed E-state index contributed by atoms with van der Waals surface area (Å²) in [6, 6.07) is -1.70. The van der Waals surface area contributed by atoms with E-state index in [4.69, 9.17) is 10.8 Å². The van der Waals surface area contributed by atoms with E-state index in [1.165, 1.54) is 12.8 Å². The average molecular weight is 285 g/mol. The number of carbonyl (C=O) groups is 2. The summed E-state index contributed by atoms with van der Waals surface area (Å²) in [7, 11) is 0. The van der Waals surface area contributed by atoms with Crippen molar-refractivity contribution >= 4 is 11.9 Å². The maximum Gasteiger partial charge on any atom is 0.312 e. The van der Waals surface area contributed by atoms with E-state index >= 15 is 0 Å². The van der Waals surface area contributed by atoms with Gasteiger partial charge in [-0.05, 0) is 24.7 Å². The number of nitrogens with two attached hydrogens (primary N) is 1. The molecule has 0 saturated carbocycles. The summed E-state index contributed by atoms with van der Waals surface area (Å²) >= 11 is 0. The molecular weight excluding hydrogens is 258 g/mol. The van der Waals surface area contributed by atoms with E-state index < -0.39 is 18.7 Å². The smallest absolute Gasteiger partial charge is 0.312 e. The van der Waals surface area contributed by atoms with Crippen LogP contribution < -0.4 is 11.1 Å². The summed E-state index contributed by atoms with van der Waals surface area (Å²) in [5.41, 5.74) is 4.99. The van der Waals surface area contributed by atoms with Crippen molar-refractivity contribution in [1.82, 2.24) is 10.2 Å². The van der Waals surface area contributed by atoms with Gasteiger partial charge in [0.05, 0.1) is 6.61 Å². The third-order valence-electron chi connectivity index (χ3n) is 3.88. The van der Waals surface area contributed by atoms with Gasteiger partial charge in [-0.3, -0.25) is 4.79 Å². The van der Waals surface area contributed by atoms with Crippen LogP contribution in [0.3, 0.4) is 0 Å². The van der Waals surface area contributed by atoms with E-state index in [1.54, 1.807) is 4.90 Å². The van der Waals surface area contributed by atoms with Gasteiger partial charge >= 0.3 is 6.03 Å². The molecule has 20 heavy (non-hydrogen) atoms. The number of carbonyl (C=O) groups excluding carboxylic acids is 2. The maximum atomic E-state index is 12.1. The molecule has 0 aromatic heterocycles. The zero-order valence-corrected chi connectivity index (χ0v) is 12.5. The number of primary amides is 1. The Hall–Kier alpha value is -1.30. The molecule has 116 valence electrons.